The Hall–Kier alpha value is -1.61. The fourth-order valence-electron chi connectivity index (χ4n) is 2.06. The van der Waals surface area contributed by atoms with Gasteiger partial charge in [0.1, 0.15) is 5.82 Å². The van der Waals surface area contributed by atoms with Gasteiger partial charge in [0.2, 0.25) is 0 Å². The van der Waals surface area contributed by atoms with E-state index in [2.05, 4.69) is 50.9 Å². The zero-order chi connectivity index (χ0) is 13.3. The van der Waals surface area contributed by atoms with E-state index in [4.69, 9.17) is 10.7 Å². The van der Waals surface area contributed by atoms with Gasteiger partial charge in [-0.2, -0.15) is 0 Å². The molecule has 0 saturated carbocycles. The minimum Gasteiger partial charge on any atom is -0.344 e. The minimum absolute atomic E-state index is 0.383. The van der Waals surface area contributed by atoms with Gasteiger partial charge in [-0.1, -0.05) is 31.5 Å². The van der Waals surface area contributed by atoms with E-state index >= 15 is 0 Å². The Morgan fingerprint density at radius 2 is 2.00 bits per heavy atom. The summed E-state index contributed by atoms with van der Waals surface area (Å²) in [6.45, 7) is 8.96. The van der Waals surface area contributed by atoms with Gasteiger partial charge in [0.15, 0.2) is 0 Å². The predicted molar refractivity (Wildman–Crippen MR) is 75.5 cm³/mol. The van der Waals surface area contributed by atoms with Crippen molar-refractivity contribution in [3.05, 3.63) is 40.8 Å². The smallest absolute Gasteiger partial charge is 0.109 e. The summed E-state index contributed by atoms with van der Waals surface area (Å²) in [6.07, 6.45) is 0. The molecule has 0 aliphatic heterocycles. The monoisotopic (exact) mass is 243 g/mol. The van der Waals surface area contributed by atoms with E-state index in [0.29, 0.717) is 12.5 Å². The van der Waals surface area contributed by atoms with Crippen molar-refractivity contribution < 1.29 is 0 Å². The Bertz CT molecular complexity index is 553. The molecule has 1 aromatic heterocycles. The highest BCUT2D eigenvalue weighted by Gasteiger charge is 2.14. The highest BCUT2D eigenvalue weighted by Crippen LogP contribution is 2.27. The molecule has 0 radical (unpaired) electrons. The summed E-state index contributed by atoms with van der Waals surface area (Å²) >= 11 is 0. The van der Waals surface area contributed by atoms with Gasteiger partial charge < -0.3 is 10.7 Å². The second-order valence-electron chi connectivity index (χ2n) is 5.13. The molecule has 0 amide bonds. The van der Waals surface area contributed by atoms with Gasteiger partial charge in [-0.15, -0.1) is 0 Å². The lowest BCUT2D eigenvalue weighted by molar-refractivity contribution is 0.788. The lowest BCUT2D eigenvalue weighted by atomic mass is 10.0. The maximum atomic E-state index is 5.82. The van der Waals surface area contributed by atoms with Crippen molar-refractivity contribution in [2.45, 2.75) is 40.2 Å². The summed E-state index contributed by atoms with van der Waals surface area (Å²) in [4.78, 5) is 8.06. The van der Waals surface area contributed by atoms with Crippen LogP contribution in [-0.4, -0.2) is 9.97 Å². The van der Waals surface area contributed by atoms with Crippen molar-refractivity contribution in [2.24, 2.45) is 5.73 Å². The number of benzene rings is 1. The van der Waals surface area contributed by atoms with E-state index in [1.165, 1.54) is 16.7 Å². The van der Waals surface area contributed by atoms with E-state index < -0.39 is 0 Å². The van der Waals surface area contributed by atoms with Crippen molar-refractivity contribution in [3.63, 3.8) is 0 Å². The van der Waals surface area contributed by atoms with Gasteiger partial charge in [-0.3, -0.25) is 0 Å². The number of aromatic amines is 1. The molecule has 0 spiro atoms. The van der Waals surface area contributed by atoms with Gasteiger partial charge in [0.05, 0.1) is 11.4 Å². The zero-order valence-electron chi connectivity index (χ0n) is 11.5. The lowest BCUT2D eigenvalue weighted by Crippen LogP contribution is -1.99. The molecule has 0 bridgehead atoms. The number of aromatic nitrogens is 2. The van der Waals surface area contributed by atoms with Crippen LogP contribution in [0, 0.1) is 13.8 Å². The SMILES string of the molecule is Cc1ccc(C)c(-c2nc(C(C)C)[nH]c2CN)c1. The highest BCUT2D eigenvalue weighted by molar-refractivity contribution is 5.67. The Kier molecular flexibility index (Phi) is 3.53. The third-order valence-corrected chi connectivity index (χ3v) is 3.20. The molecule has 0 fully saturated rings. The molecule has 3 nitrogen and oxygen atoms in total. The van der Waals surface area contributed by atoms with Crippen molar-refractivity contribution in [2.75, 3.05) is 0 Å². The number of imidazole rings is 1. The first-order chi connectivity index (χ1) is 8.52. The van der Waals surface area contributed by atoms with Gasteiger partial charge >= 0.3 is 0 Å². The standard InChI is InChI=1S/C15H21N3/c1-9(2)15-17-13(8-16)14(18-15)12-7-10(3)5-6-11(12)4/h5-7,9H,8,16H2,1-4H3,(H,17,18). The molecule has 0 unspecified atom stereocenters. The van der Waals surface area contributed by atoms with E-state index in [0.717, 1.165) is 17.2 Å². The molecule has 1 aromatic carbocycles. The van der Waals surface area contributed by atoms with E-state index in [1.54, 1.807) is 0 Å². The summed E-state index contributed by atoms with van der Waals surface area (Å²) in [6, 6.07) is 6.43. The normalized spacial score (nSPS) is 11.2. The number of hydrogen-bond acceptors (Lipinski definition) is 2. The molecule has 3 N–H and O–H groups in total. The molecule has 2 rings (SSSR count). The van der Waals surface area contributed by atoms with Crippen LogP contribution in [0.3, 0.4) is 0 Å². The van der Waals surface area contributed by atoms with Crippen LogP contribution in [0.5, 0.6) is 0 Å². The third kappa shape index (κ3) is 2.31. The molecular formula is C15H21N3. The van der Waals surface area contributed by atoms with Crippen LogP contribution in [0.25, 0.3) is 11.3 Å². The largest absolute Gasteiger partial charge is 0.344 e. The van der Waals surface area contributed by atoms with Crippen LogP contribution in [0.15, 0.2) is 18.2 Å². The van der Waals surface area contributed by atoms with Crippen molar-refractivity contribution in [1.82, 2.24) is 9.97 Å². The van der Waals surface area contributed by atoms with Crippen LogP contribution in [0.4, 0.5) is 0 Å². The molecular weight excluding hydrogens is 222 g/mol. The Morgan fingerprint density at radius 3 is 2.61 bits per heavy atom. The summed E-state index contributed by atoms with van der Waals surface area (Å²) in [5.41, 5.74) is 11.5. The molecule has 0 aliphatic rings. The van der Waals surface area contributed by atoms with Gasteiger partial charge in [0, 0.05) is 18.0 Å². The van der Waals surface area contributed by atoms with E-state index in [1.807, 2.05) is 0 Å². The number of nitrogens with zero attached hydrogens (tertiary/aromatic N) is 1. The van der Waals surface area contributed by atoms with Gasteiger partial charge in [-0.25, -0.2) is 4.98 Å². The molecule has 96 valence electrons. The fraction of sp³-hybridized carbons (Fsp3) is 0.400. The number of aryl methyl sites for hydroxylation is 2. The number of nitrogens with two attached hydrogens (primary N) is 1. The van der Waals surface area contributed by atoms with E-state index in [-0.39, 0.29) is 0 Å². The van der Waals surface area contributed by atoms with Crippen LogP contribution in [0.1, 0.15) is 42.4 Å². The van der Waals surface area contributed by atoms with Crippen LogP contribution in [-0.2, 0) is 6.54 Å². The van der Waals surface area contributed by atoms with Crippen LogP contribution < -0.4 is 5.73 Å². The average Bonchev–Trinajstić information content (AvgIpc) is 2.76. The summed E-state index contributed by atoms with van der Waals surface area (Å²) in [7, 11) is 0. The van der Waals surface area contributed by atoms with Crippen molar-refractivity contribution in [3.8, 4) is 11.3 Å². The van der Waals surface area contributed by atoms with Crippen molar-refractivity contribution in [1.29, 1.82) is 0 Å². The second kappa shape index (κ2) is 4.94. The van der Waals surface area contributed by atoms with Crippen molar-refractivity contribution >= 4 is 0 Å². The maximum Gasteiger partial charge on any atom is 0.109 e. The number of hydrogen-bond donors (Lipinski definition) is 2. The first-order valence-electron chi connectivity index (χ1n) is 6.39. The molecule has 0 aliphatic carbocycles. The molecule has 0 saturated heterocycles. The summed E-state index contributed by atoms with van der Waals surface area (Å²) in [5, 5.41) is 0. The zero-order valence-corrected chi connectivity index (χ0v) is 11.5. The third-order valence-electron chi connectivity index (χ3n) is 3.20. The number of nitrogens with one attached hydrogen (secondary N) is 1. The van der Waals surface area contributed by atoms with Gasteiger partial charge in [0.25, 0.3) is 0 Å². The molecule has 18 heavy (non-hydrogen) atoms. The average molecular weight is 243 g/mol. The van der Waals surface area contributed by atoms with Crippen LogP contribution >= 0.6 is 0 Å². The topological polar surface area (TPSA) is 54.7 Å². The maximum absolute atomic E-state index is 5.82. The van der Waals surface area contributed by atoms with Crippen LogP contribution in [0.2, 0.25) is 0 Å². The Balaban J connectivity index is 2.58. The summed E-state index contributed by atoms with van der Waals surface area (Å²) in [5.74, 6) is 1.39. The molecule has 2 aromatic rings. The lowest BCUT2D eigenvalue weighted by Gasteiger charge is -2.06. The summed E-state index contributed by atoms with van der Waals surface area (Å²) < 4.78 is 0. The molecule has 3 heteroatoms. The Labute approximate surface area is 108 Å². The Morgan fingerprint density at radius 1 is 1.28 bits per heavy atom. The van der Waals surface area contributed by atoms with E-state index in [9.17, 15) is 0 Å². The fourth-order valence-corrected chi connectivity index (χ4v) is 2.06. The number of rotatable bonds is 3. The first-order valence-corrected chi connectivity index (χ1v) is 6.39. The molecule has 1 heterocycles. The quantitative estimate of drug-likeness (QED) is 0.869. The van der Waals surface area contributed by atoms with Gasteiger partial charge in [-0.05, 0) is 25.5 Å². The highest BCUT2D eigenvalue weighted by atomic mass is 15.0. The predicted octanol–water partition coefficient (Wildman–Crippen LogP) is 3.28. The minimum atomic E-state index is 0.383. The second-order valence-corrected chi connectivity index (χ2v) is 5.13. The first kappa shape index (κ1) is 12.8. The number of H-pyrrole nitrogens is 1. The molecule has 0 atom stereocenters.